The third kappa shape index (κ3) is 2.83. The predicted molar refractivity (Wildman–Crippen MR) is 92.9 cm³/mol. The average Bonchev–Trinajstić information content (AvgIpc) is 3.25. The van der Waals surface area contributed by atoms with Gasteiger partial charge in [0.05, 0.1) is 12.1 Å². The van der Waals surface area contributed by atoms with Crippen molar-refractivity contribution in [3.63, 3.8) is 0 Å². The van der Waals surface area contributed by atoms with Gasteiger partial charge in [0.2, 0.25) is 0 Å². The Morgan fingerprint density at radius 2 is 1.88 bits per heavy atom. The third-order valence-corrected chi connectivity index (χ3v) is 5.85. The number of hydrogen-bond acceptors (Lipinski definition) is 4. The molecule has 3 heterocycles. The molecule has 0 radical (unpaired) electrons. The van der Waals surface area contributed by atoms with Gasteiger partial charge in [-0.05, 0) is 18.9 Å². The van der Waals surface area contributed by atoms with E-state index < -0.39 is 0 Å². The summed E-state index contributed by atoms with van der Waals surface area (Å²) in [5.41, 5.74) is 1.26. The SMILES string of the molecule is CO[C@@H]1C[C@@H]2C(=O)N([C@@H]3C[C@H](C)N(Cc4ccccc4)C3)C(=O)N2C1. The summed E-state index contributed by atoms with van der Waals surface area (Å²) in [7, 11) is 1.64. The van der Waals surface area contributed by atoms with E-state index in [1.807, 2.05) is 18.2 Å². The summed E-state index contributed by atoms with van der Waals surface area (Å²) < 4.78 is 5.33. The molecule has 3 fully saturated rings. The predicted octanol–water partition coefficient (Wildman–Crippen LogP) is 1.70. The third-order valence-electron chi connectivity index (χ3n) is 5.85. The fourth-order valence-electron chi connectivity index (χ4n) is 4.44. The highest BCUT2D eigenvalue weighted by molar-refractivity contribution is 6.05. The number of urea groups is 1. The van der Waals surface area contributed by atoms with Crippen LogP contribution in [0.3, 0.4) is 0 Å². The maximum Gasteiger partial charge on any atom is 0.327 e. The van der Waals surface area contributed by atoms with Gasteiger partial charge in [-0.1, -0.05) is 30.3 Å². The molecule has 0 N–H and O–H groups in total. The molecule has 25 heavy (non-hydrogen) atoms. The second kappa shape index (κ2) is 6.42. The van der Waals surface area contributed by atoms with E-state index in [0.29, 0.717) is 19.0 Å². The molecule has 0 aromatic heterocycles. The molecule has 4 rings (SSSR count). The molecule has 3 aliphatic heterocycles. The van der Waals surface area contributed by atoms with Gasteiger partial charge in [0.15, 0.2) is 0 Å². The molecule has 0 unspecified atom stereocenters. The number of rotatable bonds is 4. The molecule has 4 atom stereocenters. The Kier molecular flexibility index (Phi) is 4.25. The number of fused-ring (bicyclic) bond motifs is 1. The van der Waals surface area contributed by atoms with Crippen LogP contribution in [-0.4, -0.2) is 71.1 Å². The first-order chi connectivity index (χ1) is 12.1. The Balaban J connectivity index is 1.45. The Labute approximate surface area is 148 Å². The molecule has 0 spiro atoms. The first-order valence-electron chi connectivity index (χ1n) is 9.03. The summed E-state index contributed by atoms with van der Waals surface area (Å²) in [5, 5.41) is 0. The maximum absolute atomic E-state index is 12.8. The minimum atomic E-state index is -0.323. The molecule has 0 bridgehead atoms. The summed E-state index contributed by atoms with van der Waals surface area (Å²) in [6.07, 6.45) is 1.45. The lowest BCUT2D eigenvalue weighted by molar-refractivity contribution is -0.129. The first kappa shape index (κ1) is 16.5. The Hall–Kier alpha value is -1.92. The molecule has 3 aliphatic rings. The van der Waals surface area contributed by atoms with Gasteiger partial charge in [-0.25, -0.2) is 4.79 Å². The van der Waals surface area contributed by atoms with E-state index in [-0.39, 0.29) is 30.1 Å². The van der Waals surface area contributed by atoms with Gasteiger partial charge in [-0.3, -0.25) is 14.6 Å². The largest absolute Gasteiger partial charge is 0.380 e. The van der Waals surface area contributed by atoms with E-state index in [2.05, 4.69) is 24.0 Å². The molecular weight excluding hydrogens is 318 g/mol. The van der Waals surface area contributed by atoms with Crippen LogP contribution >= 0.6 is 0 Å². The van der Waals surface area contributed by atoms with Gasteiger partial charge in [-0.15, -0.1) is 0 Å². The standard InChI is InChI=1S/C19H25N3O3/c1-13-8-15(11-20(13)10-14-6-4-3-5-7-14)22-18(23)17-9-16(25-2)12-21(17)19(22)24/h3-7,13,15-17H,8-12H2,1-2H3/t13-,15+,16+,17+/m0/s1. The van der Waals surface area contributed by atoms with Crippen LogP contribution in [0.4, 0.5) is 4.79 Å². The van der Waals surface area contributed by atoms with Crippen LogP contribution in [0.2, 0.25) is 0 Å². The maximum atomic E-state index is 12.8. The minimum absolute atomic E-state index is 0.0165. The zero-order valence-corrected chi connectivity index (χ0v) is 14.8. The van der Waals surface area contributed by atoms with Gasteiger partial charge >= 0.3 is 6.03 Å². The van der Waals surface area contributed by atoms with Crippen molar-refractivity contribution in [3.05, 3.63) is 35.9 Å². The van der Waals surface area contributed by atoms with Crippen molar-refractivity contribution in [2.24, 2.45) is 0 Å². The van der Waals surface area contributed by atoms with Crippen LogP contribution in [0.5, 0.6) is 0 Å². The fourth-order valence-corrected chi connectivity index (χ4v) is 4.44. The van der Waals surface area contributed by atoms with Crippen molar-refractivity contribution in [2.75, 3.05) is 20.2 Å². The van der Waals surface area contributed by atoms with Crippen molar-refractivity contribution < 1.29 is 14.3 Å². The van der Waals surface area contributed by atoms with Crippen LogP contribution in [0.1, 0.15) is 25.3 Å². The number of amides is 3. The van der Waals surface area contributed by atoms with Crippen LogP contribution in [0, 0.1) is 0 Å². The van der Waals surface area contributed by atoms with Gasteiger partial charge in [-0.2, -0.15) is 0 Å². The smallest absolute Gasteiger partial charge is 0.327 e. The van der Waals surface area contributed by atoms with E-state index in [4.69, 9.17) is 4.74 Å². The van der Waals surface area contributed by atoms with Crippen molar-refractivity contribution in [3.8, 4) is 0 Å². The fraction of sp³-hybridized carbons (Fsp3) is 0.579. The quantitative estimate of drug-likeness (QED) is 0.781. The molecule has 1 aromatic carbocycles. The van der Waals surface area contributed by atoms with Crippen molar-refractivity contribution in [2.45, 2.75) is 50.5 Å². The zero-order valence-electron chi connectivity index (χ0n) is 14.8. The Bertz CT molecular complexity index is 641. The number of imide groups is 1. The molecule has 3 amide bonds. The molecule has 3 saturated heterocycles. The number of hydrogen-bond donors (Lipinski definition) is 0. The van der Waals surface area contributed by atoms with E-state index in [9.17, 15) is 9.59 Å². The lowest BCUT2D eigenvalue weighted by Crippen LogP contribution is -2.44. The molecule has 134 valence electrons. The first-order valence-corrected chi connectivity index (χ1v) is 9.03. The van der Waals surface area contributed by atoms with E-state index in [0.717, 1.165) is 19.5 Å². The second-order valence-electron chi connectivity index (χ2n) is 7.41. The lowest BCUT2D eigenvalue weighted by Gasteiger charge is -2.24. The normalized spacial score (nSPS) is 32.7. The summed E-state index contributed by atoms with van der Waals surface area (Å²) in [6.45, 7) is 4.31. The number of methoxy groups -OCH3 is 1. The molecule has 6 heteroatoms. The van der Waals surface area contributed by atoms with Crippen molar-refractivity contribution >= 4 is 11.9 Å². The Morgan fingerprint density at radius 3 is 2.56 bits per heavy atom. The van der Waals surface area contributed by atoms with E-state index in [1.54, 1.807) is 12.0 Å². The van der Waals surface area contributed by atoms with Crippen LogP contribution < -0.4 is 0 Å². The monoisotopic (exact) mass is 343 g/mol. The molecule has 0 aliphatic carbocycles. The number of carbonyl (C=O) groups is 2. The summed E-state index contributed by atoms with van der Waals surface area (Å²) in [6, 6.07) is 10.2. The lowest BCUT2D eigenvalue weighted by atomic mass is 10.1. The van der Waals surface area contributed by atoms with Gasteiger partial charge in [0.25, 0.3) is 5.91 Å². The Morgan fingerprint density at radius 1 is 1.12 bits per heavy atom. The molecular formula is C19H25N3O3. The number of benzene rings is 1. The van der Waals surface area contributed by atoms with Crippen LogP contribution in [-0.2, 0) is 16.1 Å². The highest BCUT2D eigenvalue weighted by Gasteiger charge is 2.53. The molecule has 0 saturated carbocycles. The number of likely N-dealkylation sites (tertiary alicyclic amines) is 1. The van der Waals surface area contributed by atoms with E-state index in [1.165, 1.54) is 10.5 Å². The van der Waals surface area contributed by atoms with Crippen molar-refractivity contribution in [1.29, 1.82) is 0 Å². The second-order valence-corrected chi connectivity index (χ2v) is 7.41. The minimum Gasteiger partial charge on any atom is -0.380 e. The zero-order chi connectivity index (χ0) is 17.6. The van der Waals surface area contributed by atoms with Crippen LogP contribution in [0.15, 0.2) is 30.3 Å². The number of carbonyl (C=O) groups excluding carboxylic acids is 2. The highest BCUT2D eigenvalue weighted by Crippen LogP contribution is 2.33. The van der Waals surface area contributed by atoms with Gasteiger partial charge < -0.3 is 9.64 Å². The van der Waals surface area contributed by atoms with Crippen molar-refractivity contribution in [1.82, 2.24) is 14.7 Å². The summed E-state index contributed by atoms with van der Waals surface area (Å²) in [5.74, 6) is -0.0386. The number of nitrogens with zero attached hydrogens (tertiary/aromatic N) is 3. The molecule has 1 aromatic rings. The van der Waals surface area contributed by atoms with Gasteiger partial charge in [0.1, 0.15) is 6.04 Å². The number of ether oxygens (including phenoxy) is 1. The highest BCUT2D eigenvalue weighted by atomic mass is 16.5. The summed E-state index contributed by atoms with van der Waals surface area (Å²) in [4.78, 5) is 31.2. The van der Waals surface area contributed by atoms with Crippen LogP contribution in [0.25, 0.3) is 0 Å². The molecule has 6 nitrogen and oxygen atoms in total. The van der Waals surface area contributed by atoms with Gasteiger partial charge in [0, 0.05) is 39.2 Å². The summed E-state index contributed by atoms with van der Waals surface area (Å²) >= 11 is 0. The topological polar surface area (TPSA) is 53.1 Å². The average molecular weight is 343 g/mol. The van der Waals surface area contributed by atoms with E-state index >= 15 is 0 Å².